The molecule has 0 unspecified atom stereocenters. The van der Waals surface area contributed by atoms with Crippen molar-refractivity contribution in [3.63, 3.8) is 0 Å². The van der Waals surface area contributed by atoms with Crippen LogP contribution in [0.25, 0.3) is 0 Å². The van der Waals surface area contributed by atoms with Crippen molar-refractivity contribution < 1.29 is 0 Å². The fraction of sp³-hybridized carbons (Fsp3) is 0.167. The van der Waals surface area contributed by atoms with E-state index in [1.807, 2.05) is 0 Å². The molecule has 0 aliphatic heterocycles. The van der Waals surface area contributed by atoms with Crippen LogP contribution >= 0.6 is 27.3 Å². The molecule has 0 fully saturated rings. The van der Waals surface area contributed by atoms with E-state index in [0.29, 0.717) is 0 Å². The molecule has 8 heavy (non-hydrogen) atoms. The van der Waals surface area contributed by atoms with Crippen LogP contribution in [0, 0.1) is 6.92 Å². The van der Waals surface area contributed by atoms with Gasteiger partial charge in [0, 0.05) is 10.2 Å². The number of rotatable bonds is 1. The summed E-state index contributed by atoms with van der Waals surface area (Å²) in [5.74, 6) is 0. The third-order valence-electron chi connectivity index (χ3n) is 0.982. The van der Waals surface area contributed by atoms with Crippen LogP contribution in [0.4, 0.5) is 0 Å². The highest BCUT2D eigenvalue weighted by Gasteiger charge is 1.93. The highest BCUT2D eigenvalue weighted by atomic mass is 79.9. The van der Waals surface area contributed by atoms with Crippen molar-refractivity contribution in [3.8, 4) is 0 Å². The smallest absolute Gasteiger partial charge is 0.0294 e. The van der Waals surface area contributed by atoms with Gasteiger partial charge >= 0.3 is 0 Å². The van der Waals surface area contributed by atoms with E-state index in [0.717, 1.165) is 5.33 Å². The average Bonchev–Trinajstić information content (AvgIpc) is 2.14. The number of thiophene rings is 1. The van der Waals surface area contributed by atoms with E-state index in [-0.39, 0.29) is 0 Å². The highest BCUT2D eigenvalue weighted by Crippen LogP contribution is 2.16. The topological polar surface area (TPSA) is 0 Å². The predicted octanol–water partition coefficient (Wildman–Crippen LogP) is 2.83. The first-order valence-electron chi connectivity index (χ1n) is 2.29. The molecule has 0 bridgehead atoms. The van der Waals surface area contributed by atoms with E-state index < -0.39 is 0 Å². The predicted molar refractivity (Wildman–Crippen MR) is 41.4 cm³/mol. The SMILES string of the molecule is [CH2]c1sccc1CBr. The summed E-state index contributed by atoms with van der Waals surface area (Å²) < 4.78 is 0. The van der Waals surface area contributed by atoms with Crippen molar-refractivity contribution in [2.75, 3.05) is 0 Å². The van der Waals surface area contributed by atoms with E-state index in [1.165, 1.54) is 10.4 Å². The largest absolute Gasteiger partial charge is 0.149 e. The van der Waals surface area contributed by atoms with Gasteiger partial charge in [-0.25, -0.2) is 0 Å². The van der Waals surface area contributed by atoms with Crippen LogP contribution in [0.3, 0.4) is 0 Å². The fourth-order valence-electron chi connectivity index (χ4n) is 0.486. The Kier molecular flexibility index (Phi) is 2.08. The molecule has 0 saturated carbocycles. The van der Waals surface area contributed by atoms with Crippen molar-refractivity contribution in [2.24, 2.45) is 0 Å². The van der Waals surface area contributed by atoms with Gasteiger partial charge in [-0.3, -0.25) is 0 Å². The number of hydrogen-bond donors (Lipinski definition) is 0. The molecule has 1 aromatic rings. The molecule has 0 N–H and O–H groups in total. The molecule has 1 radical (unpaired) electrons. The van der Waals surface area contributed by atoms with Crippen molar-refractivity contribution in [1.29, 1.82) is 0 Å². The van der Waals surface area contributed by atoms with Gasteiger partial charge in [0.25, 0.3) is 0 Å². The summed E-state index contributed by atoms with van der Waals surface area (Å²) >= 11 is 5.04. The minimum Gasteiger partial charge on any atom is -0.149 e. The van der Waals surface area contributed by atoms with Crippen LogP contribution in [0.1, 0.15) is 10.4 Å². The van der Waals surface area contributed by atoms with Crippen molar-refractivity contribution in [2.45, 2.75) is 5.33 Å². The fourth-order valence-corrected chi connectivity index (χ4v) is 1.89. The van der Waals surface area contributed by atoms with Crippen molar-refractivity contribution in [3.05, 3.63) is 28.8 Å². The van der Waals surface area contributed by atoms with Crippen LogP contribution in [0.5, 0.6) is 0 Å². The molecule has 0 aromatic carbocycles. The lowest BCUT2D eigenvalue weighted by molar-refractivity contribution is 1.47. The number of halogens is 1. The molecule has 0 saturated heterocycles. The van der Waals surface area contributed by atoms with Crippen LogP contribution < -0.4 is 0 Å². The van der Waals surface area contributed by atoms with Gasteiger partial charge in [0.2, 0.25) is 0 Å². The Hall–Kier alpha value is 0.180. The average molecular weight is 190 g/mol. The van der Waals surface area contributed by atoms with E-state index in [1.54, 1.807) is 11.3 Å². The lowest BCUT2D eigenvalue weighted by Gasteiger charge is -1.86. The van der Waals surface area contributed by atoms with Crippen LogP contribution in [0.15, 0.2) is 11.4 Å². The molecule has 0 atom stereocenters. The standard InChI is InChI=1S/C6H6BrS/c1-5-6(4-7)2-3-8-5/h2-3H,1,4H2. The first-order chi connectivity index (χ1) is 3.84. The number of hydrogen-bond acceptors (Lipinski definition) is 1. The summed E-state index contributed by atoms with van der Waals surface area (Å²) in [7, 11) is 0. The van der Waals surface area contributed by atoms with Gasteiger partial charge in [-0.2, -0.15) is 0 Å². The van der Waals surface area contributed by atoms with Crippen LogP contribution in [0.2, 0.25) is 0 Å². The summed E-state index contributed by atoms with van der Waals surface area (Å²) in [6.45, 7) is 3.84. The zero-order valence-electron chi connectivity index (χ0n) is 4.36. The first-order valence-corrected chi connectivity index (χ1v) is 4.29. The quantitative estimate of drug-likeness (QED) is 0.597. The van der Waals surface area contributed by atoms with Crippen molar-refractivity contribution in [1.82, 2.24) is 0 Å². The van der Waals surface area contributed by atoms with E-state index in [4.69, 9.17) is 0 Å². The number of alkyl halides is 1. The summed E-state index contributed by atoms with van der Waals surface area (Å²) in [4.78, 5) is 1.17. The maximum atomic E-state index is 3.84. The summed E-state index contributed by atoms with van der Waals surface area (Å²) in [6, 6.07) is 2.09. The Balaban J connectivity index is 2.92. The van der Waals surface area contributed by atoms with Gasteiger partial charge in [-0.1, -0.05) is 15.9 Å². The maximum Gasteiger partial charge on any atom is 0.0294 e. The lowest BCUT2D eigenvalue weighted by atomic mass is 10.3. The first kappa shape index (κ1) is 6.30. The van der Waals surface area contributed by atoms with Gasteiger partial charge in [0.1, 0.15) is 0 Å². The highest BCUT2D eigenvalue weighted by molar-refractivity contribution is 9.08. The zero-order chi connectivity index (χ0) is 5.98. The minimum atomic E-state index is 0.926. The Morgan fingerprint density at radius 2 is 2.50 bits per heavy atom. The second-order valence-electron chi connectivity index (χ2n) is 1.50. The molecule has 2 heteroatoms. The normalized spacial score (nSPS) is 9.75. The maximum absolute atomic E-state index is 3.84. The molecule has 1 heterocycles. The van der Waals surface area contributed by atoms with Gasteiger partial charge in [0.15, 0.2) is 0 Å². The van der Waals surface area contributed by atoms with Gasteiger partial charge in [-0.15, -0.1) is 11.3 Å². The molecule has 0 spiro atoms. The monoisotopic (exact) mass is 189 g/mol. The second-order valence-corrected chi connectivity index (χ2v) is 3.06. The van der Waals surface area contributed by atoms with Crippen LogP contribution in [-0.4, -0.2) is 0 Å². The van der Waals surface area contributed by atoms with Gasteiger partial charge in [0.05, 0.1) is 0 Å². The molecule has 0 nitrogen and oxygen atoms in total. The van der Waals surface area contributed by atoms with E-state index >= 15 is 0 Å². The Morgan fingerprint density at radius 3 is 2.75 bits per heavy atom. The second kappa shape index (κ2) is 2.65. The molecular weight excluding hydrogens is 184 g/mol. The molecule has 1 rings (SSSR count). The summed E-state index contributed by atoms with van der Waals surface area (Å²) in [6.07, 6.45) is 0. The third-order valence-corrected chi connectivity index (χ3v) is 2.40. The summed E-state index contributed by atoms with van der Waals surface area (Å²) in [5, 5.41) is 2.98. The molecule has 0 aliphatic carbocycles. The molecule has 0 aliphatic rings. The van der Waals surface area contributed by atoms with E-state index in [2.05, 4.69) is 34.3 Å². The Morgan fingerprint density at radius 1 is 1.75 bits per heavy atom. The summed E-state index contributed by atoms with van der Waals surface area (Å²) in [5.41, 5.74) is 1.30. The lowest BCUT2D eigenvalue weighted by Crippen LogP contribution is -1.70. The molecule has 1 aromatic heterocycles. The zero-order valence-corrected chi connectivity index (χ0v) is 6.76. The minimum absolute atomic E-state index is 0.926. The van der Waals surface area contributed by atoms with Crippen LogP contribution in [-0.2, 0) is 5.33 Å². The Labute approximate surface area is 61.7 Å². The third kappa shape index (κ3) is 1.12. The van der Waals surface area contributed by atoms with Crippen molar-refractivity contribution >= 4 is 27.3 Å². The molecular formula is C6H6BrS. The molecule has 43 valence electrons. The van der Waals surface area contributed by atoms with E-state index in [9.17, 15) is 0 Å². The van der Waals surface area contributed by atoms with Gasteiger partial charge in [-0.05, 0) is 23.9 Å². The molecule has 0 amide bonds. The Bertz CT molecular complexity index is 169. The van der Waals surface area contributed by atoms with Gasteiger partial charge < -0.3 is 0 Å².